The van der Waals surface area contributed by atoms with Crippen molar-refractivity contribution in [3.8, 4) is 0 Å². The summed E-state index contributed by atoms with van der Waals surface area (Å²) in [5.74, 6) is -0.473. The Balaban J connectivity index is 1.79. The van der Waals surface area contributed by atoms with Gasteiger partial charge in [0.05, 0.1) is 5.57 Å². The van der Waals surface area contributed by atoms with E-state index in [1.165, 1.54) is 4.90 Å². The molecule has 2 aromatic heterocycles. The van der Waals surface area contributed by atoms with Crippen LogP contribution in [0, 0.1) is 6.92 Å². The lowest BCUT2D eigenvalue weighted by atomic mass is 9.99. The molecule has 0 spiro atoms. The largest absolute Gasteiger partial charge is 0.503 e. The molecule has 7 heteroatoms. The van der Waals surface area contributed by atoms with Crippen molar-refractivity contribution in [2.45, 2.75) is 32.7 Å². The minimum absolute atomic E-state index is 0.0152. The molecular weight excluding hydrogens is 438 g/mol. The zero-order valence-corrected chi connectivity index (χ0v) is 17.7. The van der Waals surface area contributed by atoms with E-state index in [1.807, 2.05) is 19.1 Å². The normalized spacial score (nSPS) is 17.0. The van der Waals surface area contributed by atoms with Gasteiger partial charge in [-0.2, -0.15) is 0 Å². The molecule has 1 amide bonds. The molecule has 0 radical (unpaired) electrons. The van der Waals surface area contributed by atoms with Crippen LogP contribution in [0.2, 0.25) is 0 Å². The minimum Gasteiger partial charge on any atom is -0.503 e. The van der Waals surface area contributed by atoms with E-state index < -0.39 is 23.5 Å². The number of benzene rings is 1. The van der Waals surface area contributed by atoms with Crippen molar-refractivity contribution in [1.29, 1.82) is 0 Å². The van der Waals surface area contributed by atoms with Gasteiger partial charge in [-0.1, -0.05) is 29.3 Å². The number of aliphatic hydroxyl groups is 1. The number of hydrogen-bond acceptors (Lipinski definition) is 5. The van der Waals surface area contributed by atoms with E-state index in [1.54, 1.807) is 31.2 Å². The zero-order valence-electron chi connectivity index (χ0n) is 16.1. The van der Waals surface area contributed by atoms with Crippen molar-refractivity contribution in [3.63, 3.8) is 0 Å². The molecule has 0 saturated heterocycles. The van der Waals surface area contributed by atoms with Crippen LogP contribution in [0.25, 0.3) is 11.0 Å². The van der Waals surface area contributed by atoms with Gasteiger partial charge in [0.1, 0.15) is 23.1 Å². The van der Waals surface area contributed by atoms with E-state index in [4.69, 9.17) is 8.83 Å². The highest BCUT2D eigenvalue weighted by molar-refractivity contribution is 9.10. The SMILES string of the molecule is CCCCN1C(=O)C(O)=C(C(=O)c2cc3cc(Br)ccc3o2)C1c1ccc(C)o1. The molecule has 4 rings (SSSR count). The Labute approximate surface area is 175 Å². The molecule has 1 atom stereocenters. The van der Waals surface area contributed by atoms with Gasteiger partial charge >= 0.3 is 0 Å². The molecule has 1 aromatic carbocycles. The van der Waals surface area contributed by atoms with Gasteiger partial charge in [-0.3, -0.25) is 9.59 Å². The van der Waals surface area contributed by atoms with Crippen molar-refractivity contribution in [3.05, 3.63) is 69.5 Å². The number of Topliss-reactive ketones (excluding diaryl/α,β-unsaturated/α-hetero) is 1. The number of unbranched alkanes of at least 4 members (excludes halogenated alkanes) is 1. The Kier molecular flexibility index (Phi) is 5.08. The van der Waals surface area contributed by atoms with Crippen LogP contribution in [0.5, 0.6) is 0 Å². The van der Waals surface area contributed by atoms with Crippen LogP contribution in [-0.2, 0) is 4.79 Å². The Morgan fingerprint density at radius 3 is 2.69 bits per heavy atom. The second-order valence-corrected chi connectivity index (χ2v) is 8.00. The maximum atomic E-state index is 13.3. The number of nitrogens with zero attached hydrogens (tertiary/aromatic N) is 1. The fourth-order valence-corrected chi connectivity index (χ4v) is 3.98. The summed E-state index contributed by atoms with van der Waals surface area (Å²) in [7, 11) is 0. The summed E-state index contributed by atoms with van der Waals surface area (Å²) in [5, 5.41) is 11.3. The summed E-state index contributed by atoms with van der Waals surface area (Å²) in [6, 6.07) is 9.75. The zero-order chi connectivity index (χ0) is 20.7. The van der Waals surface area contributed by atoms with Crippen LogP contribution in [-0.4, -0.2) is 28.2 Å². The molecule has 0 saturated carbocycles. The first-order valence-electron chi connectivity index (χ1n) is 9.45. The third kappa shape index (κ3) is 3.40. The van der Waals surface area contributed by atoms with Crippen LogP contribution >= 0.6 is 15.9 Å². The number of furan rings is 2. The molecule has 3 heterocycles. The smallest absolute Gasteiger partial charge is 0.290 e. The predicted molar refractivity (Wildman–Crippen MR) is 111 cm³/mol. The number of aryl methyl sites for hydroxylation is 1. The first kappa shape index (κ1) is 19.5. The Morgan fingerprint density at radius 2 is 2.00 bits per heavy atom. The van der Waals surface area contributed by atoms with Crippen LogP contribution in [0.15, 0.2) is 61.0 Å². The minimum atomic E-state index is -0.782. The molecule has 0 aliphatic carbocycles. The van der Waals surface area contributed by atoms with Gasteiger partial charge in [0.25, 0.3) is 5.91 Å². The van der Waals surface area contributed by atoms with Crippen molar-refractivity contribution < 1.29 is 23.5 Å². The molecule has 6 nitrogen and oxygen atoms in total. The summed E-state index contributed by atoms with van der Waals surface area (Å²) in [4.78, 5) is 27.6. The number of ketones is 1. The summed E-state index contributed by atoms with van der Waals surface area (Å²) < 4.78 is 12.3. The fraction of sp³-hybridized carbons (Fsp3) is 0.273. The summed E-state index contributed by atoms with van der Waals surface area (Å²) in [6.07, 6.45) is 1.62. The maximum absolute atomic E-state index is 13.3. The van der Waals surface area contributed by atoms with E-state index >= 15 is 0 Å². The molecule has 0 fully saturated rings. The summed E-state index contributed by atoms with van der Waals surface area (Å²) in [6.45, 7) is 4.21. The lowest BCUT2D eigenvalue weighted by Crippen LogP contribution is -2.31. The summed E-state index contributed by atoms with van der Waals surface area (Å²) in [5.41, 5.74) is 0.535. The highest BCUT2D eigenvalue weighted by Gasteiger charge is 2.45. The highest BCUT2D eigenvalue weighted by Crippen LogP contribution is 2.40. The average molecular weight is 458 g/mol. The van der Waals surface area contributed by atoms with Crippen LogP contribution < -0.4 is 0 Å². The van der Waals surface area contributed by atoms with Crippen molar-refractivity contribution >= 4 is 38.6 Å². The number of halogens is 1. The van der Waals surface area contributed by atoms with Gasteiger partial charge in [-0.25, -0.2) is 0 Å². The van der Waals surface area contributed by atoms with E-state index in [-0.39, 0.29) is 11.3 Å². The Morgan fingerprint density at radius 1 is 1.21 bits per heavy atom. The van der Waals surface area contributed by atoms with Crippen LogP contribution in [0.3, 0.4) is 0 Å². The molecule has 150 valence electrons. The molecule has 1 N–H and O–H groups in total. The number of rotatable bonds is 6. The average Bonchev–Trinajstić information content (AvgIpc) is 3.37. The molecule has 0 bridgehead atoms. The number of carbonyl (C=O) groups is 2. The highest BCUT2D eigenvalue weighted by atomic mass is 79.9. The predicted octanol–water partition coefficient (Wildman–Crippen LogP) is 5.48. The van der Waals surface area contributed by atoms with Crippen molar-refractivity contribution in [2.75, 3.05) is 6.54 Å². The van der Waals surface area contributed by atoms with Gasteiger partial charge in [0, 0.05) is 16.4 Å². The van der Waals surface area contributed by atoms with E-state index in [0.717, 1.165) is 22.7 Å². The quantitative estimate of drug-likeness (QED) is 0.495. The summed E-state index contributed by atoms with van der Waals surface area (Å²) >= 11 is 3.40. The van der Waals surface area contributed by atoms with Gasteiger partial charge < -0.3 is 18.8 Å². The van der Waals surface area contributed by atoms with E-state index in [9.17, 15) is 14.7 Å². The van der Waals surface area contributed by atoms with Crippen LogP contribution in [0.1, 0.15) is 47.9 Å². The molecule has 1 aliphatic rings. The molecular formula is C22H20BrNO5. The number of carbonyl (C=O) groups excluding carboxylic acids is 2. The fourth-order valence-electron chi connectivity index (χ4n) is 3.60. The topological polar surface area (TPSA) is 83.9 Å². The lowest BCUT2D eigenvalue weighted by molar-refractivity contribution is -0.129. The molecule has 29 heavy (non-hydrogen) atoms. The second kappa shape index (κ2) is 7.55. The van der Waals surface area contributed by atoms with Gasteiger partial charge in [0.2, 0.25) is 5.78 Å². The monoisotopic (exact) mass is 457 g/mol. The van der Waals surface area contributed by atoms with Gasteiger partial charge in [-0.05, 0) is 49.7 Å². The second-order valence-electron chi connectivity index (χ2n) is 7.09. The number of aliphatic hydroxyl groups excluding tert-OH is 1. The first-order chi connectivity index (χ1) is 13.9. The van der Waals surface area contributed by atoms with Gasteiger partial charge in [-0.15, -0.1) is 0 Å². The molecule has 1 unspecified atom stereocenters. The third-order valence-electron chi connectivity index (χ3n) is 5.03. The van der Waals surface area contributed by atoms with Crippen molar-refractivity contribution in [1.82, 2.24) is 4.90 Å². The standard InChI is InChI=1S/C22H20BrNO5/c1-3-4-9-24-19(16-7-5-12(2)28-16)18(21(26)22(24)27)20(25)17-11-13-10-14(23)6-8-15(13)29-17/h5-8,10-11,19,26H,3-4,9H2,1-2H3. The number of fused-ring (bicyclic) bond motifs is 1. The van der Waals surface area contributed by atoms with E-state index in [2.05, 4.69) is 15.9 Å². The molecule has 3 aromatic rings. The van der Waals surface area contributed by atoms with Gasteiger partial charge in [0.15, 0.2) is 11.5 Å². The number of hydrogen-bond donors (Lipinski definition) is 1. The van der Waals surface area contributed by atoms with E-state index in [0.29, 0.717) is 23.6 Å². The Bertz CT molecular complexity index is 1140. The maximum Gasteiger partial charge on any atom is 0.290 e. The molecule has 1 aliphatic heterocycles. The third-order valence-corrected chi connectivity index (χ3v) is 5.53. The van der Waals surface area contributed by atoms with Crippen molar-refractivity contribution in [2.24, 2.45) is 0 Å². The first-order valence-corrected chi connectivity index (χ1v) is 10.2. The van der Waals surface area contributed by atoms with Crippen LogP contribution in [0.4, 0.5) is 0 Å². The number of amides is 1. The lowest BCUT2D eigenvalue weighted by Gasteiger charge is -2.24. The Hall–Kier alpha value is -2.80.